The Bertz CT molecular complexity index is 1700. The summed E-state index contributed by atoms with van der Waals surface area (Å²) in [4.78, 5) is 26.3. The topological polar surface area (TPSA) is 117 Å². The Morgan fingerprint density at radius 3 is 2.26 bits per heavy atom. The fraction of sp³-hybridized carbons (Fsp3) is 0.188. The summed E-state index contributed by atoms with van der Waals surface area (Å²) in [7, 11) is 0.709. The normalized spacial score (nSPS) is 11.0. The summed E-state index contributed by atoms with van der Waals surface area (Å²) in [5, 5.41) is 6.09. The number of hydrogen-bond donors (Lipinski definition) is 3. The molecule has 0 saturated carbocycles. The smallest absolute Gasteiger partial charge is 0.265 e. The first kappa shape index (κ1) is 30.1. The van der Waals surface area contributed by atoms with Crippen molar-refractivity contribution in [3.63, 3.8) is 0 Å². The standard InChI is InChI=1S/C32H34N4O5S/c1-22-9-5-6-14-28(22)31(37)34-18-17-33-26-12-8-13-27(21-26)35-42(39,40)30-20-24(15-16-29(30)41-4)23-10-7-11-25(19-23)32(38)36(2)3/h5-16,19-21,33,35H,17-18H2,1-4H3,(H,34,37). The summed E-state index contributed by atoms with van der Waals surface area (Å²) >= 11 is 0. The largest absolute Gasteiger partial charge is 0.495 e. The summed E-state index contributed by atoms with van der Waals surface area (Å²) in [5.41, 5.74) is 4.38. The average Bonchev–Trinajstić information content (AvgIpc) is 2.98. The Labute approximate surface area is 246 Å². The van der Waals surface area contributed by atoms with Crippen LogP contribution < -0.4 is 20.1 Å². The van der Waals surface area contributed by atoms with E-state index in [1.807, 2.05) is 37.3 Å². The Hall–Kier alpha value is -4.83. The van der Waals surface area contributed by atoms with E-state index in [1.165, 1.54) is 18.1 Å². The van der Waals surface area contributed by atoms with Crippen LogP contribution in [0.25, 0.3) is 11.1 Å². The molecule has 0 bridgehead atoms. The Morgan fingerprint density at radius 1 is 0.810 bits per heavy atom. The van der Waals surface area contributed by atoms with Crippen LogP contribution in [0.3, 0.4) is 0 Å². The molecule has 10 heteroatoms. The zero-order valence-corrected chi connectivity index (χ0v) is 24.8. The summed E-state index contributed by atoms with van der Waals surface area (Å²) in [5.74, 6) is -0.115. The van der Waals surface area contributed by atoms with E-state index in [0.717, 1.165) is 5.56 Å². The lowest BCUT2D eigenvalue weighted by molar-refractivity contribution is 0.0827. The number of hydrogen-bond acceptors (Lipinski definition) is 6. The molecule has 0 aliphatic rings. The van der Waals surface area contributed by atoms with E-state index in [4.69, 9.17) is 4.74 Å². The van der Waals surface area contributed by atoms with Crippen molar-refractivity contribution in [2.75, 3.05) is 44.3 Å². The highest BCUT2D eigenvalue weighted by Crippen LogP contribution is 2.32. The highest BCUT2D eigenvalue weighted by molar-refractivity contribution is 7.92. The number of anilines is 2. The van der Waals surface area contributed by atoms with Crippen molar-refractivity contribution >= 4 is 33.2 Å². The monoisotopic (exact) mass is 586 g/mol. The van der Waals surface area contributed by atoms with Crippen molar-refractivity contribution in [1.29, 1.82) is 0 Å². The lowest BCUT2D eigenvalue weighted by Gasteiger charge is -2.15. The van der Waals surface area contributed by atoms with Gasteiger partial charge in [0.1, 0.15) is 10.6 Å². The second-order valence-corrected chi connectivity index (χ2v) is 11.5. The summed E-state index contributed by atoms with van der Waals surface area (Å²) in [6, 6.07) is 26.1. The predicted octanol–water partition coefficient (Wildman–Crippen LogP) is 5.02. The number of nitrogens with zero attached hydrogens (tertiary/aromatic N) is 1. The molecule has 0 heterocycles. The lowest BCUT2D eigenvalue weighted by atomic mass is 10.0. The minimum atomic E-state index is -4.05. The van der Waals surface area contributed by atoms with Crippen LogP contribution in [-0.4, -0.2) is 59.4 Å². The van der Waals surface area contributed by atoms with Gasteiger partial charge in [0, 0.05) is 44.0 Å². The predicted molar refractivity (Wildman–Crippen MR) is 166 cm³/mol. The maximum absolute atomic E-state index is 13.5. The average molecular weight is 587 g/mol. The van der Waals surface area contributed by atoms with Crippen molar-refractivity contribution in [2.45, 2.75) is 11.8 Å². The van der Waals surface area contributed by atoms with Crippen LogP contribution in [0.15, 0.2) is 95.9 Å². The second-order valence-electron chi connectivity index (χ2n) is 9.83. The van der Waals surface area contributed by atoms with Gasteiger partial charge in [-0.25, -0.2) is 8.42 Å². The summed E-state index contributed by atoms with van der Waals surface area (Å²) in [6.45, 7) is 2.71. The van der Waals surface area contributed by atoms with Crippen LogP contribution in [0, 0.1) is 6.92 Å². The van der Waals surface area contributed by atoms with E-state index in [9.17, 15) is 18.0 Å². The molecule has 0 aromatic heterocycles. The highest BCUT2D eigenvalue weighted by atomic mass is 32.2. The van der Waals surface area contributed by atoms with Gasteiger partial charge in [-0.05, 0) is 72.1 Å². The number of carbonyl (C=O) groups is 2. The summed E-state index contributed by atoms with van der Waals surface area (Å²) < 4.78 is 35.0. The molecule has 3 N–H and O–H groups in total. The number of methoxy groups -OCH3 is 1. The van der Waals surface area contributed by atoms with Gasteiger partial charge in [-0.3, -0.25) is 14.3 Å². The minimum Gasteiger partial charge on any atom is -0.495 e. The molecule has 218 valence electrons. The molecule has 2 amide bonds. The van der Waals surface area contributed by atoms with Crippen molar-refractivity contribution in [1.82, 2.24) is 10.2 Å². The molecule has 4 rings (SSSR count). The number of ether oxygens (including phenoxy) is 1. The van der Waals surface area contributed by atoms with Crippen molar-refractivity contribution in [3.8, 4) is 16.9 Å². The van der Waals surface area contributed by atoms with E-state index >= 15 is 0 Å². The van der Waals surface area contributed by atoms with E-state index in [1.54, 1.807) is 68.7 Å². The van der Waals surface area contributed by atoms with Crippen molar-refractivity contribution < 1.29 is 22.7 Å². The third-order valence-corrected chi connectivity index (χ3v) is 7.95. The first-order valence-electron chi connectivity index (χ1n) is 13.3. The molecule has 0 atom stereocenters. The van der Waals surface area contributed by atoms with Gasteiger partial charge in [0.25, 0.3) is 21.8 Å². The van der Waals surface area contributed by atoms with Gasteiger partial charge >= 0.3 is 0 Å². The summed E-state index contributed by atoms with van der Waals surface area (Å²) in [6.07, 6.45) is 0. The number of carbonyl (C=O) groups excluding carboxylic acids is 2. The first-order chi connectivity index (χ1) is 20.1. The van der Waals surface area contributed by atoms with Gasteiger partial charge in [0.05, 0.1) is 12.8 Å². The first-order valence-corrected chi connectivity index (χ1v) is 14.8. The second kappa shape index (κ2) is 13.2. The number of rotatable bonds is 11. The molecular formula is C32H34N4O5S. The molecule has 0 unspecified atom stereocenters. The van der Waals surface area contributed by atoms with Crippen LogP contribution in [-0.2, 0) is 10.0 Å². The quantitative estimate of drug-likeness (QED) is 0.213. The molecular weight excluding hydrogens is 552 g/mol. The van der Waals surface area contributed by atoms with Crippen LogP contribution in [0.5, 0.6) is 5.75 Å². The highest BCUT2D eigenvalue weighted by Gasteiger charge is 2.21. The lowest BCUT2D eigenvalue weighted by Crippen LogP contribution is -2.29. The number of benzene rings is 4. The number of nitrogens with one attached hydrogen (secondary N) is 3. The minimum absolute atomic E-state index is 0.0379. The molecule has 0 saturated heterocycles. The van der Waals surface area contributed by atoms with Gasteiger partial charge < -0.3 is 20.3 Å². The van der Waals surface area contributed by atoms with E-state index < -0.39 is 10.0 Å². The Morgan fingerprint density at radius 2 is 1.52 bits per heavy atom. The SMILES string of the molecule is COc1ccc(-c2cccc(C(=O)N(C)C)c2)cc1S(=O)(=O)Nc1cccc(NCCNC(=O)c2ccccc2C)c1. The zero-order valence-electron chi connectivity index (χ0n) is 24.0. The van der Waals surface area contributed by atoms with Gasteiger partial charge in [0.15, 0.2) is 0 Å². The number of sulfonamides is 1. The molecule has 0 aliphatic carbocycles. The van der Waals surface area contributed by atoms with E-state index in [2.05, 4.69) is 15.4 Å². The van der Waals surface area contributed by atoms with Crippen LogP contribution in [0.4, 0.5) is 11.4 Å². The van der Waals surface area contributed by atoms with Gasteiger partial charge in [-0.15, -0.1) is 0 Å². The molecule has 9 nitrogen and oxygen atoms in total. The Kier molecular flexibility index (Phi) is 9.49. The zero-order chi connectivity index (χ0) is 30.3. The van der Waals surface area contributed by atoms with Crippen molar-refractivity contribution in [3.05, 3.63) is 108 Å². The fourth-order valence-corrected chi connectivity index (χ4v) is 5.61. The van der Waals surface area contributed by atoms with Gasteiger partial charge in [-0.1, -0.05) is 42.5 Å². The van der Waals surface area contributed by atoms with Crippen LogP contribution >= 0.6 is 0 Å². The number of aryl methyl sites for hydroxylation is 1. The Balaban J connectivity index is 1.47. The van der Waals surface area contributed by atoms with Gasteiger partial charge in [-0.2, -0.15) is 0 Å². The molecule has 4 aromatic rings. The maximum atomic E-state index is 13.5. The number of amides is 2. The molecule has 0 radical (unpaired) electrons. The van der Waals surface area contributed by atoms with E-state index in [-0.39, 0.29) is 22.5 Å². The van der Waals surface area contributed by atoms with Gasteiger partial charge in [0.2, 0.25) is 0 Å². The third kappa shape index (κ3) is 7.27. The molecule has 42 heavy (non-hydrogen) atoms. The van der Waals surface area contributed by atoms with Crippen molar-refractivity contribution in [2.24, 2.45) is 0 Å². The molecule has 0 aliphatic heterocycles. The molecule has 0 spiro atoms. The van der Waals surface area contributed by atoms with Crippen LogP contribution in [0.1, 0.15) is 26.3 Å². The fourth-order valence-electron chi connectivity index (χ4n) is 4.36. The maximum Gasteiger partial charge on any atom is 0.265 e. The molecule has 0 fully saturated rings. The van der Waals surface area contributed by atoms with E-state index in [0.29, 0.717) is 46.7 Å². The van der Waals surface area contributed by atoms with Crippen LogP contribution in [0.2, 0.25) is 0 Å². The third-order valence-electron chi connectivity index (χ3n) is 6.55. The molecule has 4 aromatic carbocycles.